The van der Waals surface area contributed by atoms with Crippen molar-refractivity contribution in [2.45, 2.75) is 0 Å². The second kappa shape index (κ2) is 16.5. The van der Waals surface area contributed by atoms with Crippen LogP contribution in [0.3, 0.4) is 0 Å². The summed E-state index contributed by atoms with van der Waals surface area (Å²) in [7, 11) is 0. The van der Waals surface area contributed by atoms with E-state index in [0.717, 1.165) is 116 Å². The molecule has 7 aromatic heterocycles. The van der Waals surface area contributed by atoms with Gasteiger partial charge in [0.05, 0.1) is 16.6 Å². The molecule has 0 spiro atoms. The van der Waals surface area contributed by atoms with Gasteiger partial charge in [-0.2, -0.15) is 0 Å². The molecule has 7 heterocycles. The van der Waals surface area contributed by atoms with Crippen molar-refractivity contribution in [3.63, 3.8) is 0 Å². The first-order chi connectivity index (χ1) is 41.6. The number of para-hydroxylation sites is 3. The van der Waals surface area contributed by atoms with Crippen molar-refractivity contribution in [3.8, 4) is 0 Å². The lowest BCUT2D eigenvalue weighted by atomic mass is 10.0. The Balaban J connectivity index is 0.756. The zero-order chi connectivity index (χ0) is 54.5. The van der Waals surface area contributed by atoms with E-state index in [-0.39, 0.29) is 0 Å². The minimum atomic E-state index is 0.834. The number of hydrogen-bond donors (Lipinski definition) is 0. The fourth-order valence-electron chi connectivity index (χ4n) is 14.1. The Morgan fingerprint density at radius 1 is 0.238 bits per heavy atom. The average molecular weight is 1110 g/mol. The Kier molecular flexibility index (Phi) is 8.85. The highest BCUT2D eigenvalue weighted by molar-refractivity contribution is 7.26. The number of thiophene rings is 2. The lowest BCUT2D eigenvalue weighted by molar-refractivity contribution is 0.668. The van der Waals surface area contributed by atoms with Crippen molar-refractivity contribution >= 4 is 212 Å². The SMILES string of the molecule is c1ccc2c(c1)oc1ccc(N(c3ccc4c(c3)oc3cc5cc6c7cccc8c9ccc(N(c%10ccc%11c(c%10)sc%10ccccc%10%11)c%10ccc%11oc%12ccccc%12c%11c%10)cc9n(c6cc5cc34)c87)c3ccc4c(c3)sc3ccccc34)cc12. The molecular formula is C76H41N3O3S2. The number of anilines is 6. The van der Waals surface area contributed by atoms with Gasteiger partial charge in [-0.25, -0.2) is 0 Å². The molecule has 0 radical (unpaired) electrons. The smallest absolute Gasteiger partial charge is 0.137 e. The summed E-state index contributed by atoms with van der Waals surface area (Å²) in [6.45, 7) is 0. The maximum absolute atomic E-state index is 6.96. The van der Waals surface area contributed by atoms with Gasteiger partial charge in [0.25, 0.3) is 0 Å². The van der Waals surface area contributed by atoms with Gasteiger partial charge in [0.1, 0.15) is 33.5 Å². The van der Waals surface area contributed by atoms with Gasteiger partial charge in [-0.15, -0.1) is 22.7 Å². The molecule has 8 heteroatoms. The Hall–Kier alpha value is -10.6. The zero-order valence-electron chi connectivity index (χ0n) is 44.6. The molecule has 13 aromatic carbocycles. The molecule has 0 aliphatic carbocycles. The molecule has 0 N–H and O–H groups in total. The van der Waals surface area contributed by atoms with Crippen molar-refractivity contribution in [1.82, 2.24) is 4.40 Å². The maximum Gasteiger partial charge on any atom is 0.137 e. The molecule has 390 valence electrons. The molecule has 0 saturated carbocycles. The standard InChI is InChI=1S/C76H41N3O3S2/c1-5-16-66-51(10-1)62-36-44(24-30-68(62)80-66)77(48-22-28-56-54-12-3-7-18-72(54)83-74(56)40-48)46-20-26-50-58-14-9-15-59-60-32-43-35-70-61(33-42(43)34-64(60)79(76(58)59)65(50)38-46)53-27-21-47(39-71(53)82-70)78(45-25-31-69-63(37-45)52-11-2-6-17-67(52)81-69)49-23-29-57-55-13-4-8-19-73(55)84-75(57)41-49/h1-41H. The molecule has 20 aromatic rings. The monoisotopic (exact) mass is 1110 g/mol. The van der Waals surface area contributed by atoms with Gasteiger partial charge in [0.2, 0.25) is 0 Å². The van der Waals surface area contributed by atoms with E-state index in [4.69, 9.17) is 13.3 Å². The second-order valence-corrected chi connectivity index (χ2v) is 24.5. The van der Waals surface area contributed by atoms with E-state index < -0.39 is 0 Å². The van der Waals surface area contributed by atoms with Crippen molar-refractivity contribution in [1.29, 1.82) is 0 Å². The van der Waals surface area contributed by atoms with Crippen molar-refractivity contribution in [2.75, 3.05) is 9.80 Å². The fourth-order valence-corrected chi connectivity index (χ4v) is 16.3. The molecule has 0 bridgehead atoms. The molecule has 0 atom stereocenters. The molecular weight excluding hydrogens is 1070 g/mol. The van der Waals surface area contributed by atoms with Crippen LogP contribution in [-0.2, 0) is 0 Å². The summed E-state index contributed by atoms with van der Waals surface area (Å²) in [4.78, 5) is 4.77. The predicted molar refractivity (Wildman–Crippen MR) is 356 cm³/mol. The topological polar surface area (TPSA) is 50.3 Å². The molecule has 0 saturated heterocycles. The minimum Gasteiger partial charge on any atom is -0.456 e. The quantitative estimate of drug-likeness (QED) is 0.166. The number of aromatic nitrogens is 1. The van der Waals surface area contributed by atoms with E-state index in [9.17, 15) is 0 Å². The predicted octanol–water partition coefficient (Wildman–Crippen LogP) is 23.4. The van der Waals surface area contributed by atoms with E-state index in [1.807, 2.05) is 40.9 Å². The van der Waals surface area contributed by atoms with E-state index in [0.29, 0.717) is 0 Å². The number of benzene rings is 13. The number of hydrogen-bond acceptors (Lipinski definition) is 7. The van der Waals surface area contributed by atoms with Crippen LogP contribution in [0.15, 0.2) is 262 Å². The number of furan rings is 3. The summed E-state index contributed by atoms with van der Waals surface area (Å²) in [5.41, 5.74) is 15.1. The second-order valence-electron chi connectivity index (χ2n) is 22.4. The minimum absolute atomic E-state index is 0.834. The zero-order valence-corrected chi connectivity index (χ0v) is 46.2. The summed E-state index contributed by atoms with van der Waals surface area (Å²) in [5.74, 6) is 0. The Labute approximate surface area is 484 Å². The molecule has 6 nitrogen and oxygen atoms in total. The third-order valence-corrected chi connectivity index (χ3v) is 20.1. The molecule has 20 rings (SSSR count). The van der Waals surface area contributed by atoms with Crippen LogP contribution in [0.1, 0.15) is 0 Å². The van der Waals surface area contributed by atoms with Crippen molar-refractivity contribution < 1.29 is 13.3 Å². The Morgan fingerprint density at radius 2 is 0.631 bits per heavy atom. The number of fused-ring (bicyclic) bond motifs is 22. The van der Waals surface area contributed by atoms with E-state index >= 15 is 0 Å². The van der Waals surface area contributed by atoms with Crippen molar-refractivity contribution in [2.24, 2.45) is 0 Å². The third kappa shape index (κ3) is 6.27. The summed E-state index contributed by atoms with van der Waals surface area (Å²) in [5, 5.41) is 18.9. The van der Waals surface area contributed by atoms with Gasteiger partial charge in [0, 0.05) is 134 Å². The van der Waals surface area contributed by atoms with E-state index in [1.165, 1.54) is 72.9 Å². The first-order valence-corrected chi connectivity index (χ1v) is 30.0. The van der Waals surface area contributed by atoms with Crippen molar-refractivity contribution in [3.05, 3.63) is 249 Å². The van der Waals surface area contributed by atoms with Gasteiger partial charge < -0.3 is 27.5 Å². The third-order valence-electron chi connectivity index (χ3n) is 17.8. The highest BCUT2D eigenvalue weighted by atomic mass is 32.1. The first kappa shape index (κ1) is 45.0. The molecule has 0 amide bonds. The fraction of sp³-hybridized carbons (Fsp3) is 0. The highest BCUT2D eigenvalue weighted by Crippen LogP contribution is 2.48. The largest absolute Gasteiger partial charge is 0.456 e. The summed E-state index contributed by atoms with van der Waals surface area (Å²) in [6.07, 6.45) is 0. The van der Waals surface area contributed by atoms with Crippen LogP contribution in [0.25, 0.3) is 155 Å². The molecule has 0 fully saturated rings. The lowest BCUT2D eigenvalue weighted by Gasteiger charge is -2.26. The summed E-state index contributed by atoms with van der Waals surface area (Å²) >= 11 is 3.68. The van der Waals surface area contributed by atoms with Crippen LogP contribution >= 0.6 is 22.7 Å². The van der Waals surface area contributed by atoms with Gasteiger partial charge in [-0.1, -0.05) is 109 Å². The average Bonchev–Trinajstić information content (AvgIpc) is 2.33. The summed E-state index contributed by atoms with van der Waals surface area (Å²) in [6, 6.07) is 90.8. The van der Waals surface area contributed by atoms with Gasteiger partial charge in [-0.3, -0.25) is 0 Å². The van der Waals surface area contributed by atoms with Crippen LogP contribution < -0.4 is 9.80 Å². The van der Waals surface area contributed by atoms with Crippen LogP contribution in [0.4, 0.5) is 34.1 Å². The molecule has 0 aliphatic heterocycles. The van der Waals surface area contributed by atoms with Crippen LogP contribution in [0.5, 0.6) is 0 Å². The Bertz CT molecular complexity index is 6230. The van der Waals surface area contributed by atoms with Gasteiger partial charge in [-0.05, 0) is 144 Å². The summed E-state index contributed by atoms with van der Waals surface area (Å²) < 4.78 is 27.3. The maximum atomic E-state index is 6.96. The highest BCUT2D eigenvalue weighted by Gasteiger charge is 2.24. The molecule has 84 heavy (non-hydrogen) atoms. The van der Waals surface area contributed by atoms with Crippen LogP contribution in [-0.4, -0.2) is 4.40 Å². The van der Waals surface area contributed by atoms with Crippen LogP contribution in [0, 0.1) is 0 Å². The lowest BCUT2D eigenvalue weighted by Crippen LogP contribution is -2.09. The Morgan fingerprint density at radius 3 is 1.26 bits per heavy atom. The number of nitrogens with zero attached hydrogens (tertiary/aromatic N) is 3. The van der Waals surface area contributed by atoms with Gasteiger partial charge in [0.15, 0.2) is 0 Å². The number of rotatable bonds is 6. The normalized spacial score (nSPS) is 12.5. The molecule has 0 unspecified atom stereocenters. The molecule has 0 aliphatic rings. The van der Waals surface area contributed by atoms with Gasteiger partial charge >= 0.3 is 0 Å². The van der Waals surface area contributed by atoms with E-state index in [1.54, 1.807) is 0 Å². The van der Waals surface area contributed by atoms with E-state index in [2.05, 4.69) is 245 Å². The van der Waals surface area contributed by atoms with Crippen LogP contribution in [0.2, 0.25) is 0 Å². The first-order valence-electron chi connectivity index (χ1n) is 28.3.